The number of para-hydroxylation sites is 1. The number of anilines is 1. The van der Waals surface area contributed by atoms with Gasteiger partial charge >= 0.3 is 0 Å². The van der Waals surface area contributed by atoms with Gasteiger partial charge in [-0.3, -0.25) is 4.79 Å². The van der Waals surface area contributed by atoms with Gasteiger partial charge in [0.05, 0.1) is 21.6 Å². The van der Waals surface area contributed by atoms with Crippen LogP contribution in [-0.4, -0.2) is 51.8 Å². The first kappa shape index (κ1) is 18.7. The van der Waals surface area contributed by atoms with Gasteiger partial charge in [0.1, 0.15) is 5.82 Å². The fraction of sp³-hybridized carbons (Fsp3) is 0.227. The van der Waals surface area contributed by atoms with Crippen molar-refractivity contribution in [3.63, 3.8) is 0 Å². The van der Waals surface area contributed by atoms with Gasteiger partial charge in [-0.1, -0.05) is 41.7 Å². The van der Waals surface area contributed by atoms with Crippen molar-refractivity contribution >= 4 is 32.7 Å². The average molecular weight is 422 g/mol. The fourth-order valence-electron chi connectivity index (χ4n) is 3.71. The summed E-state index contributed by atoms with van der Waals surface area (Å²) in [6, 6.07) is 16.1. The molecule has 1 amide bonds. The van der Waals surface area contributed by atoms with Crippen LogP contribution in [0.4, 0.5) is 9.52 Å². The lowest BCUT2D eigenvalue weighted by molar-refractivity contribution is 0.0742. The molecule has 0 bridgehead atoms. The van der Waals surface area contributed by atoms with Crippen LogP contribution >= 0.6 is 11.3 Å². The van der Waals surface area contributed by atoms with Crippen LogP contribution in [0.3, 0.4) is 0 Å². The molecule has 1 aliphatic heterocycles. The van der Waals surface area contributed by atoms with E-state index in [0.717, 1.165) is 26.9 Å². The molecule has 1 saturated heterocycles. The Morgan fingerprint density at radius 1 is 1.00 bits per heavy atom. The minimum Gasteiger partial charge on any atom is -0.344 e. The van der Waals surface area contributed by atoms with Crippen LogP contribution in [0.5, 0.6) is 0 Å². The molecule has 30 heavy (non-hydrogen) atoms. The zero-order valence-electron chi connectivity index (χ0n) is 16.5. The molecule has 0 spiro atoms. The highest BCUT2D eigenvalue weighted by molar-refractivity contribution is 7.22. The van der Waals surface area contributed by atoms with Gasteiger partial charge < -0.3 is 9.80 Å². The Labute approximate surface area is 177 Å². The van der Waals surface area contributed by atoms with Crippen molar-refractivity contribution in [2.24, 2.45) is 0 Å². The standard InChI is InChI=1S/C22H20FN5OS/c1-15-19-20(28(25-15)16-7-3-2-4-8-16)24-22(30-19)27-13-11-26(12-14-27)21(29)17-9-5-6-10-18(17)23/h2-10H,11-14H2,1H3. The predicted octanol–water partition coefficient (Wildman–Crippen LogP) is 3.89. The maximum atomic E-state index is 14.0. The molecule has 5 rings (SSSR count). The first-order valence-corrected chi connectivity index (χ1v) is 10.6. The molecule has 2 aromatic heterocycles. The normalized spacial score (nSPS) is 14.5. The summed E-state index contributed by atoms with van der Waals surface area (Å²) in [5.74, 6) is -0.732. The summed E-state index contributed by atoms with van der Waals surface area (Å²) in [6.45, 7) is 4.39. The van der Waals surface area contributed by atoms with Crippen LogP contribution in [0.25, 0.3) is 16.0 Å². The zero-order chi connectivity index (χ0) is 20.7. The number of amides is 1. The Bertz CT molecular complexity index is 1210. The lowest BCUT2D eigenvalue weighted by Crippen LogP contribution is -2.49. The average Bonchev–Trinajstić information content (AvgIpc) is 3.35. The number of halogens is 1. The summed E-state index contributed by atoms with van der Waals surface area (Å²) in [5, 5.41) is 5.57. The summed E-state index contributed by atoms with van der Waals surface area (Å²) in [7, 11) is 0. The van der Waals surface area contributed by atoms with E-state index < -0.39 is 5.82 Å². The number of piperazine rings is 1. The largest absolute Gasteiger partial charge is 0.344 e. The highest BCUT2D eigenvalue weighted by Gasteiger charge is 2.26. The van der Waals surface area contributed by atoms with Gasteiger partial charge in [0.25, 0.3) is 5.91 Å². The second kappa shape index (κ2) is 7.53. The van der Waals surface area contributed by atoms with E-state index in [2.05, 4.69) is 10.00 Å². The Kier molecular flexibility index (Phi) is 4.71. The summed E-state index contributed by atoms with van der Waals surface area (Å²) >= 11 is 1.62. The van der Waals surface area contributed by atoms with Gasteiger partial charge in [-0.25, -0.2) is 9.07 Å². The van der Waals surface area contributed by atoms with Crippen LogP contribution in [0.1, 0.15) is 16.1 Å². The third-order valence-corrected chi connectivity index (χ3v) is 6.53. The summed E-state index contributed by atoms with van der Waals surface area (Å²) < 4.78 is 16.9. The second-order valence-corrected chi connectivity index (χ2v) is 8.22. The van der Waals surface area contributed by atoms with Crippen molar-refractivity contribution in [1.82, 2.24) is 19.7 Å². The SMILES string of the molecule is Cc1nn(-c2ccccc2)c2nc(N3CCN(C(=O)c4ccccc4F)CC3)sc12. The summed E-state index contributed by atoms with van der Waals surface area (Å²) in [4.78, 5) is 21.4. The van der Waals surface area contributed by atoms with Gasteiger partial charge in [0.2, 0.25) is 0 Å². The van der Waals surface area contributed by atoms with Crippen LogP contribution in [0.2, 0.25) is 0 Å². The number of hydrogen-bond acceptors (Lipinski definition) is 5. The predicted molar refractivity (Wildman–Crippen MR) is 116 cm³/mol. The highest BCUT2D eigenvalue weighted by atomic mass is 32.1. The molecule has 0 saturated carbocycles. The van der Waals surface area contributed by atoms with E-state index in [-0.39, 0.29) is 11.5 Å². The molecule has 0 N–H and O–H groups in total. The van der Waals surface area contributed by atoms with Crippen LogP contribution in [0, 0.1) is 12.7 Å². The van der Waals surface area contributed by atoms with E-state index in [9.17, 15) is 9.18 Å². The van der Waals surface area contributed by atoms with Crippen molar-refractivity contribution in [3.8, 4) is 5.69 Å². The number of carbonyl (C=O) groups is 1. The fourth-order valence-corrected chi connectivity index (χ4v) is 4.75. The van der Waals surface area contributed by atoms with Gasteiger partial charge in [0, 0.05) is 26.2 Å². The number of rotatable bonds is 3. The molecule has 1 aliphatic rings. The number of aromatic nitrogens is 3. The van der Waals surface area contributed by atoms with E-state index in [1.54, 1.807) is 28.4 Å². The molecule has 8 heteroatoms. The number of fused-ring (bicyclic) bond motifs is 1. The molecule has 0 aliphatic carbocycles. The Morgan fingerprint density at radius 2 is 1.70 bits per heavy atom. The second-order valence-electron chi connectivity index (χ2n) is 7.24. The van der Waals surface area contributed by atoms with Crippen molar-refractivity contribution in [1.29, 1.82) is 0 Å². The molecule has 1 fully saturated rings. The number of aryl methyl sites for hydroxylation is 1. The van der Waals surface area contributed by atoms with Crippen molar-refractivity contribution < 1.29 is 9.18 Å². The molecule has 3 heterocycles. The van der Waals surface area contributed by atoms with Crippen LogP contribution < -0.4 is 4.90 Å². The Hall–Kier alpha value is -3.26. The smallest absolute Gasteiger partial charge is 0.256 e. The Morgan fingerprint density at radius 3 is 2.43 bits per heavy atom. The lowest BCUT2D eigenvalue weighted by atomic mass is 10.1. The quantitative estimate of drug-likeness (QED) is 0.504. The van der Waals surface area contributed by atoms with Gasteiger partial charge in [-0.15, -0.1) is 0 Å². The first-order chi connectivity index (χ1) is 14.6. The van der Waals surface area contributed by atoms with Gasteiger partial charge in [-0.2, -0.15) is 10.1 Å². The topological polar surface area (TPSA) is 54.3 Å². The molecule has 0 radical (unpaired) electrons. The number of benzene rings is 2. The van der Waals surface area contributed by atoms with E-state index in [4.69, 9.17) is 4.98 Å². The van der Waals surface area contributed by atoms with Gasteiger partial charge in [0.15, 0.2) is 10.8 Å². The molecule has 2 aromatic carbocycles. The first-order valence-electron chi connectivity index (χ1n) is 9.82. The molecular formula is C22H20FN5OS. The number of nitrogens with zero attached hydrogens (tertiary/aromatic N) is 5. The minimum absolute atomic E-state index is 0.129. The van der Waals surface area contributed by atoms with E-state index in [0.29, 0.717) is 26.2 Å². The van der Waals surface area contributed by atoms with Crippen LogP contribution in [-0.2, 0) is 0 Å². The van der Waals surface area contributed by atoms with E-state index >= 15 is 0 Å². The molecule has 152 valence electrons. The maximum absolute atomic E-state index is 14.0. The van der Waals surface area contributed by atoms with Crippen molar-refractivity contribution in [2.45, 2.75) is 6.92 Å². The number of carbonyl (C=O) groups excluding carboxylic acids is 1. The number of hydrogen-bond donors (Lipinski definition) is 0. The van der Waals surface area contributed by atoms with E-state index in [1.165, 1.54) is 12.1 Å². The monoisotopic (exact) mass is 421 g/mol. The molecule has 0 atom stereocenters. The summed E-state index contributed by atoms with van der Waals surface area (Å²) in [6.07, 6.45) is 0. The summed E-state index contributed by atoms with van der Waals surface area (Å²) in [5.41, 5.74) is 2.91. The maximum Gasteiger partial charge on any atom is 0.256 e. The third-order valence-electron chi connectivity index (χ3n) is 5.32. The van der Waals surface area contributed by atoms with Crippen molar-refractivity contribution in [2.75, 3.05) is 31.1 Å². The molecule has 0 unspecified atom stereocenters. The Balaban J connectivity index is 1.35. The molecular weight excluding hydrogens is 401 g/mol. The molecule has 6 nitrogen and oxygen atoms in total. The minimum atomic E-state index is -0.475. The molecule has 4 aromatic rings. The van der Waals surface area contributed by atoms with Crippen molar-refractivity contribution in [3.05, 3.63) is 71.7 Å². The third kappa shape index (κ3) is 3.23. The number of thiazole rings is 1. The van der Waals surface area contributed by atoms with Gasteiger partial charge in [-0.05, 0) is 31.2 Å². The lowest BCUT2D eigenvalue weighted by Gasteiger charge is -2.34. The zero-order valence-corrected chi connectivity index (χ0v) is 17.3. The highest BCUT2D eigenvalue weighted by Crippen LogP contribution is 2.33. The van der Waals surface area contributed by atoms with E-state index in [1.807, 2.05) is 41.9 Å². The van der Waals surface area contributed by atoms with Crippen LogP contribution in [0.15, 0.2) is 54.6 Å².